The highest BCUT2D eigenvalue weighted by atomic mass is 16.5. The first kappa shape index (κ1) is 21.4. The Morgan fingerprint density at radius 3 is 2.08 bits per heavy atom. The number of ether oxygens (including phenoxy) is 1. The zero-order chi connectivity index (χ0) is 18.3. The second kappa shape index (κ2) is 13.6. The van der Waals surface area contributed by atoms with Gasteiger partial charge in [0.05, 0.1) is 6.61 Å². The molecule has 0 aromatic heterocycles. The summed E-state index contributed by atoms with van der Waals surface area (Å²) in [6.07, 6.45) is 11.0. The molecule has 0 radical (unpaired) electrons. The molecule has 140 valence electrons. The fourth-order valence-electron chi connectivity index (χ4n) is 2.90. The van der Waals surface area contributed by atoms with E-state index < -0.39 is 0 Å². The molecule has 1 rings (SSSR count). The summed E-state index contributed by atoms with van der Waals surface area (Å²) < 4.78 is 4.90. The van der Waals surface area contributed by atoms with E-state index in [-0.39, 0.29) is 11.8 Å². The first-order valence-electron chi connectivity index (χ1n) is 9.95. The maximum atomic E-state index is 12.2. The molecule has 1 aromatic carbocycles. The summed E-state index contributed by atoms with van der Waals surface area (Å²) in [7, 11) is 0. The fraction of sp³-hybridized carbons (Fsp3) is 0.636. The molecular formula is C22H34O3. The Bertz CT molecular complexity index is 490. The quantitative estimate of drug-likeness (QED) is 0.239. The van der Waals surface area contributed by atoms with Crippen molar-refractivity contribution >= 4 is 11.8 Å². The number of aryl methyl sites for hydroxylation is 1. The second-order valence-electron chi connectivity index (χ2n) is 6.65. The summed E-state index contributed by atoms with van der Waals surface area (Å²) in [4.78, 5) is 23.4. The molecule has 3 heteroatoms. The lowest BCUT2D eigenvalue weighted by atomic mass is 10.0. The van der Waals surface area contributed by atoms with Gasteiger partial charge in [0.2, 0.25) is 0 Å². The number of benzene rings is 1. The summed E-state index contributed by atoms with van der Waals surface area (Å²) in [5.74, 6) is 0.108. The Morgan fingerprint density at radius 2 is 1.44 bits per heavy atom. The molecule has 0 spiro atoms. The summed E-state index contributed by atoms with van der Waals surface area (Å²) in [6.45, 7) is 4.49. The van der Waals surface area contributed by atoms with E-state index in [0.717, 1.165) is 37.7 Å². The predicted molar refractivity (Wildman–Crippen MR) is 103 cm³/mol. The highest BCUT2D eigenvalue weighted by Crippen LogP contribution is 2.13. The fourth-order valence-corrected chi connectivity index (χ4v) is 2.90. The normalized spacial score (nSPS) is 10.6. The third-order valence-corrected chi connectivity index (χ3v) is 4.43. The lowest BCUT2D eigenvalue weighted by Gasteiger charge is -2.05. The molecule has 0 saturated carbocycles. The van der Waals surface area contributed by atoms with E-state index >= 15 is 0 Å². The Balaban J connectivity index is 2.16. The van der Waals surface area contributed by atoms with Gasteiger partial charge in [-0.05, 0) is 38.2 Å². The van der Waals surface area contributed by atoms with Crippen LogP contribution in [0, 0.1) is 0 Å². The van der Waals surface area contributed by atoms with E-state index in [0.29, 0.717) is 19.4 Å². The van der Waals surface area contributed by atoms with E-state index in [1.807, 2.05) is 19.1 Å². The van der Waals surface area contributed by atoms with Crippen LogP contribution in [0.15, 0.2) is 24.3 Å². The standard InChI is InChI=1S/C22H34O3/c1-3-5-6-9-12-19-15-17-20(18-16-19)21(23)13-10-7-8-11-14-22(24)25-4-2/h15-18H,3-14H2,1-2H3. The van der Waals surface area contributed by atoms with E-state index in [2.05, 4.69) is 19.1 Å². The molecule has 0 saturated heterocycles. The monoisotopic (exact) mass is 346 g/mol. The van der Waals surface area contributed by atoms with Crippen molar-refractivity contribution in [2.45, 2.75) is 84.5 Å². The zero-order valence-electron chi connectivity index (χ0n) is 16.0. The van der Waals surface area contributed by atoms with Crippen LogP contribution in [0.3, 0.4) is 0 Å². The molecule has 0 amide bonds. The van der Waals surface area contributed by atoms with E-state index in [4.69, 9.17) is 4.74 Å². The van der Waals surface area contributed by atoms with Crippen LogP contribution < -0.4 is 0 Å². The van der Waals surface area contributed by atoms with Crippen molar-refractivity contribution in [1.29, 1.82) is 0 Å². The lowest BCUT2D eigenvalue weighted by Crippen LogP contribution is -2.03. The van der Waals surface area contributed by atoms with Crippen molar-refractivity contribution in [1.82, 2.24) is 0 Å². The number of ketones is 1. The van der Waals surface area contributed by atoms with Crippen LogP contribution in [-0.4, -0.2) is 18.4 Å². The maximum Gasteiger partial charge on any atom is 0.305 e. The number of carbonyl (C=O) groups excluding carboxylic acids is 2. The van der Waals surface area contributed by atoms with Gasteiger partial charge in [-0.25, -0.2) is 0 Å². The number of hydrogen-bond acceptors (Lipinski definition) is 3. The number of unbranched alkanes of at least 4 members (excludes halogenated alkanes) is 6. The van der Waals surface area contributed by atoms with Gasteiger partial charge in [0.15, 0.2) is 5.78 Å². The van der Waals surface area contributed by atoms with Gasteiger partial charge in [0.25, 0.3) is 0 Å². The van der Waals surface area contributed by atoms with Crippen molar-refractivity contribution in [3.8, 4) is 0 Å². The number of rotatable bonds is 14. The Morgan fingerprint density at radius 1 is 0.800 bits per heavy atom. The molecular weight excluding hydrogens is 312 g/mol. The Labute approximate surface area is 153 Å². The molecule has 0 atom stereocenters. The molecule has 0 N–H and O–H groups in total. The topological polar surface area (TPSA) is 43.4 Å². The molecule has 0 bridgehead atoms. The predicted octanol–water partition coefficient (Wildman–Crippen LogP) is 5.90. The molecule has 0 aliphatic carbocycles. The number of esters is 1. The van der Waals surface area contributed by atoms with Crippen LogP contribution in [0.1, 0.15) is 94.0 Å². The molecule has 0 aliphatic rings. The number of Topliss-reactive ketones (excluding diaryl/α,β-unsaturated/α-hetero) is 1. The minimum atomic E-state index is -0.117. The van der Waals surface area contributed by atoms with Gasteiger partial charge in [-0.2, -0.15) is 0 Å². The third-order valence-electron chi connectivity index (χ3n) is 4.43. The van der Waals surface area contributed by atoms with Crippen LogP contribution in [0.4, 0.5) is 0 Å². The van der Waals surface area contributed by atoms with Crippen molar-refractivity contribution in [3.63, 3.8) is 0 Å². The van der Waals surface area contributed by atoms with Gasteiger partial charge in [-0.15, -0.1) is 0 Å². The van der Waals surface area contributed by atoms with E-state index in [1.54, 1.807) is 0 Å². The molecule has 0 heterocycles. The van der Waals surface area contributed by atoms with Gasteiger partial charge in [0.1, 0.15) is 0 Å². The largest absolute Gasteiger partial charge is 0.466 e. The SMILES string of the molecule is CCCCCCc1ccc(C(=O)CCCCCCC(=O)OCC)cc1. The minimum Gasteiger partial charge on any atom is -0.466 e. The van der Waals surface area contributed by atoms with E-state index in [9.17, 15) is 9.59 Å². The van der Waals surface area contributed by atoms with Crippen LogP contribution in [0.5, 0.6) is 0 Å². The lowest BCUT2D eigenvalue weighted by molar-refractivity contribution is -0.143. The Kier molecular flexibility index (Phi) is 11.7. The average molecular weight is 347 g/mol. The second-order valence-corrected chi connectivity index (χ2v) is 6.65. The molecule has 3 nitrogen and oxygen atoms in total. The maximum absolute atomic E-state index is 12.2. The molecule has 0 aliphatic heterocycles. The minimum absolute atomic E-state index is 0.117. The van der Waals surface area contributed by atoms with Crippen LogP contribution in [0.25, 0.3) is 0 Å². The van der Waals surface area contributed by atoms with Crippen molar-refractivity contribution in [2.24, 2.45) is 0 Å². The third kappa shape index (κ3) is 10.1. The van der Waals surface area contributed by atoms with Crippen LogP contribution >= 0.6 is 0 Å². The first-order valence-corrected chi connectivity index (χ1v) is 9.95. The van der Waals surface area contributed by atoms with Gasteiger partial charge >= 0.3 is 5.97 Å². The highest BCUT2D eigenvalue weighted by Gasteiger charge is 2.06. The van der Waals surface area contributed by atoms with Crippen LogP contribution in [0.2, 0.25) is 0 Å². The van der Waals surface area contributed by atoms with Gasteiger partial charge in [0, 0.05) is 18.4 Å². The first-order chi connectivity index (χ1) is 12.2. The van der Waals surface area contributed by atoms with Crippen molar-refractivity contribution in [3.05, 3.63) is 35.4 Å². The van der Waals surface area contributed by atoms with E-state index in [1.165, 1.54) is 31.2 Å². The summed E-state index contributed by atoms with van der Waals surface area (Å²) in [5.41, 5.74) is 2.15. The van der Waals surface area contributed by atoms with Crippen molar-refractivity contribution in [2.75, 3.05) is 6.61 Å². The number of carbonyl (C=O) groups is 2. The molecule has 25 heavy (non-hydrogen) atoms. The molecule has 0 unspecified atom stereocenters. The van der Waals surface area contributed by atoms with Gasteiger partial charge in [-0.1, -0.05) is 63.3 Å². The Hall–Kier alpha value is -1.64. The number of hydrogen-bond donors (Lipinski definition) is 0. The van der Waals surface area contributed by atoms with Gasteiger partial charge < -0.3 is 4.74 Å². The summed E-state index contributed by atoms with van der Waals surface area (Å²) >= 11 is 0. The van der Waals surface area contributed by atoms with Crippen LogP contribution in [-0.2, 0) is 16.0 Å². The molecule has 0 fully saturated rings. The smallest absolute Gasteiger partial charge is 0.305 e. The summed E-state index contributed by atoms with van der Waals surface area (Å²) in [5, 5.41) is 0. The zero-order valence-corrected chi connectivity index (χ0v) is 16.0. The summed E-state index contributed by atoms with van der Waals surface area (Å²) in [6, 6.07) is 8.13. The molecule has 1 aromatic rings. The highest BCUT2D eigenvalue weighted by molar-refractivity contribution is 5.96. The average Bonchev–Trinajstić information content (AvgIpc) is 2.62. The van der Waals surface area contributed by atoms with Gasteiger partial charge in [-0.3, -0.25) is 9.59 Å². The van der Waals surface area contributed by atoms with Crippen molar-refractivity contribution < 1.29 is 14.3 Å².